The first-order valence-corrected chi connectivity index (χ1v) is 13.6. The van der Waals surface area contributed by atoms with Gasteiger partial charge in [0.15, 0.2) is 0 Å². The molecule has 5 rings (SSSR count). The van der Waals surface area contributed by atoms with E-state index < -0.39 is 28.5 Å². The van der Waals surface area contributed by atoms with Gasteiger partial charge in [-0.3, -0.25) is 13.9 Å². The highest BCUT2D eigenvalue weighted by molar-refractivity contribution is 8.22. The first kappa shape index (κ1) is 26.1. The Kier molecular flexibility index (Phi) is 6.86. The number of aromatic nitrogens is 3. The van der Waals surface area contributed by atoms with E-state index in [2.05, 4.69) is 10.3 Å². The number of carboxylic acid groups (broad SMARTS) is 1. The van der Waals surface area contributed by atoms with Crippen molar-refractivity contribution in [3.63, 3.8) is 0 Å². The van der Waals surface area contributed by atoms with E-state index in [1.807, 2.05) is 26.0 Å². The van der Waals surface area contributed by atoms with Gasteiger partial charge < -0.3 is 9.84 Å². The Hall–Kier alpha value is -3.51. The van der Waals surface area contributed by atoms with E-state index in [0.29, 0.717) is 16.8 Å². The number of para-hydroxylation sites is 1. The van der Waals surface area contributed by atoms with Crippen LogP contribution >= 0.6 is 10.8 Å². The molecule has 38 heavy (non-hydrogen) atoms. The van der Waals surface area contributed by atoms with Crippen LogP contribution < -0.4 is 4.74 Å². The van der Waals surface area contributed by atoms with E-state index in [-0.39, 0.29) is 36.1 Å². The maximum Gasteiger partial charge on any atom is 0.304 e. The zero-order chi connectivity index (χ0) is 27.2. The molecule has 2 heterocycles. The Balaban J connectivity index is 1.54. The van der Waals surface area contributed by atoms with Gasteiger partial charge >= 0.3 is 5.97 Å². The van der Waals surface area contributed by atoms with Gasteiger partial charge in [0, 0.05) is 25.1 Å². The zero-order valence-electron chi connectivity index (χ0n) is 21.2. The predicted molar refractivity (Wildman–Crippen MR) is 142 cm³/mol. The van der Waals surface area contributed by atoms with E-state index in [0.717, 1.165) is 16.6 Å². The van der Waals surface area contributed by atoms with E-state index in [4.69, 9.17) is 4.74 Å². The van der Waals surface area contributed by atoms with Gasteiger partial charge in [0.1, 0.15) is 28.1 Å². The largest absolute Gasteiger partial charge is 0.487 e. The fourth-order valence-electron chi connectivity index (χ4n) is 5.04. The van der Waals surface area contributed by atoms with E-state index in [1.54, 1.807) is 48.1 Å². The molecule has 1 aromatic heterocycles. The van der Waals surface area contributed by atoms with Crippen molar-refractivity contribution in [3.8, 4) is 5.75 Å². The Labute approximate surface area is 220 Å². The van der Waals surface area contributed by atoms with Gasteiger partial charge in [0.2, 0.25) is 0 Å². The molecule has 200 valence electrons. The number of benzene rings is 3. The van der Waals surface area contributed by atoms with Gasteiger partial charge in [-0.1, -0.05) is 35.5 Å². The summed E-state index contributed by atoms with van der Waals surface area (Å²) in [6.07, 6.45) is -0.591. The van der Waals surface area contributed by atoms with Crippen LogP contribution in [0.4, 0.5) is 4.39 Å². The summed E-state index contributed by atoms with van der Waals surface area (Å²) < 4.78 is 46.5. The minimum atomic E-state index is -3.47. The molecule has 3 aromatic carbocycles. The third-order valence-corrected chi connectivity index (χ3v) is 8.87. The fraction of sp³-hybridized carbons (Fsp3) is 0.296. The van der Waals surface area contributed by atoms with Gasteiger partial charge in [0.25, 0.3) is 0 Å². The average molecular weight is 541 g/mol. The van der Waals surface area contributed by atoms with Crippen LogP contribution in [-0.4, -0.2) is 52.1 Å². The molecule has 0 radical (unpaired) electrons. The second-order valence-electron chi connectivity index (χ2n) is 9.58. The number of hydrogen-bond donors (Lipinski definition) is 3. The quantitative estimate of drug-likeness (QED) is 0.300. The Morgan fingerprint density at radius 3 is 2.74 bits per heavy atom. The van der Waals surface area contributed by atoms with Gasteiger partial charge in [-0.2, -0.15) is 4.31 Å². The molecule has 11 heteroatoms. The Bertz CT molecular complexity index is 1520. The number of rotatable bonds is 6. The van der Waals surface area contributed by atoms with Crippen molar-refractivity contribution >= 4 is 27.8 Å². The molecule has 1 aliphatic rings. The van der Waals surface area contributed by atoms with Crippen molar-refractivity contribution in [2.45, 2.75) is 43.7 Å². The molecule has 0 bridgehead atoms. The summed E-state index contributed by atoms with van der Waals surface area (Å²) in [5.74, 6) is -1.71. The Morgan fingerprint density at radius 2 is 1.97 bits per heavy atom. The minimum absolute atomic E-state index is 0.105. The molecule has 0 amide bonds. The molecule has 0 saturated carbocycles. The standard InChI is InChI=1S/C27H29FN4O5S/c1-16-14-32(38(35,36)25-7-5-4-6-24(25)37-16)15-19-12-18(8-10-22(19)28)21(13-26(33)34)20-9-11-23-27(17(20)2)29-30-31(23)3/h4-12,16,21,35-36H,13-15H2,1-3H3,(H,33,34). The molecular formula is C27H29FN4O5S. The molecule has 0 fully saturated rings. The number of fused-ring (bicyclic) bond motifs is 2. The average Bonchev–Trinajstić information content (AvgIpc) is 3.21. The lowest BCUT2D eigenvalue weighted by molar-refractivity contribution is -0.137. The molecule has 0 aliphatic carbocycles. The summed E-state index contributed by atoms with van der Waals surface area (Å²) in [6, 6.07) is 14.9. The number of carbonyl (C=O) groups is 1. The SMILES string of the molecule is Cc1c(C(CC(=O)O)c2ccc(F)c(CN3CC(C)Oc4ccccc4S3(O)O)c2)ccc2c1nnn2C. The van der Waals surface area contributed by atoms with Gasteiger partial charge in [-0.15, -0.1) is 15.9 Å². The monoisotopic (exact) mass is 540 g/mol. The first-order valence-electron chi connectivity index (χ1n) is 12.1. The summed E-state index contributed by atoms with van der Waals surface area (Å²) in [6.45, 7) is 3.73. The van der Waals surface area contributed by atoms with E-state index in [9.17, 15) is 19.0 Å². The lowest BCUT2D eigenvalue weighted by Gasteiger charge is -2.41. The van der Waals surface area contributed by atoms with E-state index in [1.165, 1.54) is 10.4 Å². The van der Waals surface area contributed by atoms with Crippen molar-refractivity contribution in [1.29, 1.82) is 0 Å². The molecular weight excluding hydrogens is 511 g/mol. The fourth-order valence-corrected chi connectivity index (χ4v) is 6.71. The topological polar surface area (TPSA) is 121 Å². The lowest BCUT2D eigenvalue weighted by atomic mass is 9.85. The molecule has 0 spiro atoms. The summed E-state index contributed by atoms with van der Waals surface area (Å²) >= 11 is 0. The van der Waals surface area contributed by atoms with Crippen LogP contribution in [0.1, 0.15) is 41.5 Å². The minimum Gasteiger partial charge on any atom is -0.487 e. The van der Waals surface area contributed by atoms with Crippen LogP contribution in [0.3, 0.4) is 0 Å². The second kappa shape index (κ2) is 9.99. The van der Waals surface area contributed by atoms with Crippen molar-refractivity contribution in [2.75, 3.05) is 6.54 Å². The van der Waals surface area contributed by atoms with Crippen molar-refractivity contribution < 1.29 is 28.1 Å². The van der Waals surface area contributed by atoms with Crippen LogP contribution in [0.15, 0.2) is 59.5 Å². The molecule has 0 saturated heterocycles. The number of hydrogen-bond acceptors (Lipinski definition) is 7. The lowest BCUT2D eigenvalue weighted by Crippen LogP contribution is -2.33. The highest BCUT2D eigenvalue weighted by atomic mass is 32.3. The third-order valence-electron chi connectivity index (χ3n) is 6.95. The third kappa shape index (κ3) is 4.73. The number of ether oxygens (including phenoxy) is 1. The smallest absolute Gasteiger partial charge is 0.304 e. The maximum absolute atomic E-state index is 15.1. The van der Waals surface area contributed by atoms with Gasteiger partial charge in [0.05, 0.1) is 18.5 Å². The number of carboxylic acids is 1. The number of aryl methyl sites for hydroxylation is 2. The zero-order valence-corrected chi connectivity index (χ0v) is 22.0. The summed E-state index contributed by atoms with van der Waals surface area (Å²) in [5.41, 5.74) is 3.88. The summed E-state index contributed by atoms with van der Waals surface area (Å²) in [4.78, 5) is 12.1. The number of nitrogens with zero attached hydrogens (tertiary/aromatic N) is 4. The summed E-state index contributed by atoms with van der Waals surface area (Å²) in [5, 5.41) is 18.0. The van der Waals surface area contributed by atoms with Crippen molar-refractivity contribution in [2.24, 2.45) is 7.05 Å². The molecule has 1 aliphatic heterocycles. The molecule has 3 N–H and O–H groups in total. The van der Waals surface area contributed by atoms with Crippen molar-refractivity contribution in [1.82, 2.24) is 19.3 Å². The van der Waals surface area contributed by atoms with E-state index >= 15 is 4.39 Å². The van der Waals surface area contributed by atoms with Gasteiger partial charge in [-0.25, -0.2) is 9.07 Å². The normalized spacial score (nSPS) is 18.8. The number of aliphatic carboxylic acids is 1. The molecule has 4 aromatic rings. The molecule has 2 unspecified atom stereocenters. The van der Waals surface area contributed by atoms with Crippen LogP contribution in [0.5, 0.6) is 5.75 Å². The van der Waals surface area contributed by atoms with Gasteiger partial charge in [-0.05, 0) is 54.8 Å². The molecule has 9 nitrogen and oxygen atoms in total. The van der Waals surface area contributed by atoms with Crippen LogP contribution in [0.25, 0.3) is 11.0 Å². The first-order chi connectivity index (χ1) is 18.1. The number of halogens is 1. The molecule has 2 atom stereocenters. The second-order valence-corrected chi connectivity index (χ2v) is 11.6. The maximum atomic E-state index is 15.1. The highest BCUT2D eigenvalue weighted by Crippen LogP contribution is 2.57. The van der Waals surface area contributed by atoms with Crippen LogP contribution in [-0.2, 0) is 18.4 Å². The van der Waals surface area contributed by atoms with Crippen LogP contribution in [0.2, 0.25) is 0 Å². The summed E-state index contributed by atoms with van der Waals surface area (Å²) in [7, 11) is -1.69. The Morgan fingerprint density at radius 1 is 1.21 bits per heavy atom. The van der Waals surface area contributed by atoms with Crippen molar-refractivity contribution in [3.05, 3.63) is 82.7 Å². The predicted octanol–water partition coefficient (Wildman–Crippen LogP) is 5.33. The highest BCUT2D eigenvalue weighted by Gasteiger charge is 2.34. The van der Waals surface area contributed by atoms with Crippen LogP contribution in [0, 0.1) is 12.7 Å².